The summed E-state index contributed by atoms with van der Waals surface area (Å²) in [6, 6.07) is 2.05. The molecule has 1 heterocycles. The maximum Gasteiger partial charge on any atom is 0.188 e. The molecule has 1 aromatic heterocycles. The number of methoxy groups -OCH3 is 1. The molecule has 0 aliphatic rings. The van der Waals surface area contributed by atoms with Crippen LogP contribution in [0.5, 0.6) is 5.06 Å². The fourth-order valence-electron chi connectivity index (χ4n) is 1.13. The number of aliphatic hydroxyl groups is 1. The van der Waals surface area contributed by atoms with Crippen LogP contribution in [0.15, 0.2) is 10.5 Å². The molecule has 0 saturated heterocycles. The molecule has 0 fully saturated rings. The number of halogens is 1. The quantitative estimate of drug-likeness (QED) is 0.894. The maximum absolute atomic E-state index is 8.75. The first-order valence-corrected chi connectivity index (χ1v) is 5.90. The van der Waals surface area contributed by atoms with Crippen molar-refractivity contribution in [2.75, 3.05) is 27.3 Å². The standard InChI is InChI=1S/C9H14BrNO2S/c1-11(3-4-12)6-7-5-8(10)9(13-2)14-7/h5,12H,3-4,6H2,1-2H3. The van der Waals surface area contributed by atoms with Gasteiger partial charge < -0.3 is 9.84 Å². The fraction of sp³-hybridized carbons (Fsp3) is 0.556. The summed E-state index contributed by atoms with van der Waals surface area (Å²) in [7, 11) is 3.65. The minimum absolute atomic E-state index is 0.195. The second-order valence-electron chi connectivity index (χ2n) is 3.01. The van der Waals surface area contributed by atoms with Crippen LogP contribution < -0.4 is 4.74 Å². The molecule has 1 aromatic rings. The Morgan fingerprint density at radius 3 is 2.86 bits per heavy atom. The molecule has 14 heavy (non-hydrogen) atoms. The van der Waals surface area contributed by atoms with Gasteiger partial charge in [0.2, 0.25) is 0 Å². The van der Waals surface area contributed by atoms with Gasteiger partial charge in [0.05, 0.1) is 18.2 Å². The van der Waals surface area contributed by atoms with E-state index in [-0.39, 0.29) is 6.61 Å². The van der Waals surface area contributed by atoms with Crippen LogP contribution >= 0.6 is 27.3 Å². The Labute approximate surface area is 96.4 Å². The van der Waals surface area contributed by atoms with Crippen LogP contribution in [0.3, 0.4) is 0 Å². The number of likely N-dealkylation sites (N-methyl/N-ethyl adjacent to an activating group) is 1. The fourth-order valence-corrected chi connectivity index (χ4v) is 2.90. The first-order chi connectivity index (χ1) is 6.67. The van der Waals surface area contributed by atoms with Crippen LogP contribution in [-0.2, 0) is 6.54 Å². The molecule has 1 rings (SSSR count). The van der Waals surface area contributed by atoms with E-state index in [1.807, 2.05) is 7.05 Å². The molecular weight excluding hydrogens is 266 g/mol. The van der Waals surface area contributed by atoms with E-state index in [0.29, 0.717) is 6.54 Å². The number of rotatable bonds is 5. The van der Waals surface area contributed by atoms with Crippen molar-refractivity contribution in [2.45, 2.75) is 6.54 Å². The van der Waals surface area contributed by atoms with E-state index in [2.05, 4.69) is 26.9 Å². The van der Waals surface area contributed by atoms with Crippen molar-refractivity contribution in [1.82, 2.24) is 4.90 Å². The summed E-state index contributed by atoms with van der Waals surface area (Å²) >= 11 is 5.05. The van der Waals surface area contributed by atoms with Crippen LogP contribution in [0.25, 0.3) is 0 Å². The molecule has 5 heteroatoms. The SMILES string of the molecule is COc1sc(CN(C)CCO)cc1Br. The Balaban J connectivity index is 2.58. The summed E-state index contributed by atoms with van der Waals surface area (Å²) in [4.78, 5) is 3.29. The van der Waals surface area contributed by atoms with Crippen LogP contribution in [0.4, 0.5) is 0 Å². The van der Waals surface area contributed by atoms with Gasteiger partial charge in [0.15, 0.2) is 5.06 Å². The minimum atomic E-state index is 0.195. The Hall–Kier alpha value is -0.100. The molecule has 0 radical (unpaired) electrons. The summed E-state index contributed by atoms with van der Waals surface area (Å²) in [6.07, 6.45) is 0. The zero-order valence-electron chi connectivity index (χ0n) is 8.29. The average molecular weight is 280 g/mol. The van der Waals surface area contributed by atoms with Crippen molar-refractivity contribution in [2.24, 2.45) is 0 Å². The van der Waals surface area contributed by atoms with E-state index in [0.717, 1.165) is 16.1 Å². The number of aliphatic hydroxyl groups excluding tert-OH is 1. The average Bonchev–Trinajstić information content (AvgIpc) is 2.46. The molecule has 0 atom stereocenters. The van der Waals surface area contributed by atoms with E-state index in [4.69, 9.17) is 9.84 Å². The highest BCUT2D eigenvalue weighted by atomic mass is 79.9. The van der Waals surface area contributed by atoms with Gasteiger partial charge in [0.25, 0.3) is 0 Å². The topological polar surface area (TPSA) is 32.7 Å². The van der Waals surface area contributed by atoms with Gasteiger partial charge in [-0.3, -0.25) is 4.90 Å². The lowest BCUT2D eigenvalue weighted by Gasteiger charge is -2.12. The predicted molar refractivity (Wildman–Crippen MR) is 62.0 cm³/mol. The summed E-state index contributed by atoms with van der Waals surface area (Å²) in [5.41, 5.74) is 0. The lowest BCUT2D eigenvalue weighted by atomic mass is 10.4. The monoisotopic (exact) mass is 279 g/mol. The third-order valence-corrected chi connectivity index (χ3v) is 3.73. The second kappa shape index (κ2) is 5.70. The summed E-state index contributed by atoms with van der Waals surface area (Å²) in [6.45, 7) is 1.73. The molecule has 0 aliphatic carbocycles. The zero-order chi connectivity index (χ0) is 10.6. The molecule has 0 aromatic carbocycles. The van der Waals surface area contributed by atoms with E-state index >= 15 is 0 Å². The van der Waals surface area contributed by atoms with Crippen LogP contribution in [0.1, 0.15) is 4.88 Å². The van der Waals surface area contributed by atoms with Crippen molar-refractivity contribution in [3.05, 3.63) is 15.4 Å². The van der Waals surface area contributed by atoms with Gasteiger partial charge in [-0.1, -0.05) is 0 Å². The Kier molecular flexibility index (Phi) is 4.88. The van der Waals surface area contributed by atoms with Gasteiger partial charge in [0.1, 0.15) is 0 Å². The lowest BCUT2D eigenvalue weighted by Crippen LogP contribution is -2.20. The van der Waals surface area contributed by atoms with Crippen LogP contribution in [-0.4, -0.2) is 37.3 Å². The molecule has 0 spiro atoms. The molecule has 1 N–H and O–H groups in total. The molecule has 0 saturated carbocycles. The van der Waals surface area contributed by atoms with E-state index in [9.17, 15) is 0 Å². The number of nitrogens with zero attached hydrogens (tertiary/aromatic N) is 1. The lowest BCUT2D eigenvalue weighted by molar-refractivity contribution is 0.218. The van der Waals surface area contributed by atoms with E-state index in [1.54, 1.807) is 18.4 Å². The maximum atomic E-state index is 8.75. The Morgan fingerprint density at radius 2 is 2.36 bits per heavy atom. The van der Waals surface area contributed by atoms with E-state index in [1.165, 1.54) is 4.88 Å². The number of thiophene rings is 1. The van der Waals surface area contributed by atoms with Crippen molar-refractivity contribution < 1.29 is 9.84 Å². The summed E-state index contributed by atoms with van der Waals surface area (Å²) in [5.74, 6) is 0. The first kappa shape index (κ1) is 12.0. The molecule has 3 nitrogen and oxygen atoms in total. The van der Waals surface area contributed by atoms with Gasteiger partial charge >= 0.3 is 0 Å². The third-order valence-electron chi connectivity index (χ3n) is 1.80. The molecule has 0 bridgehead atoms. The highest BCUT2D eigenvalue weighted by Crippen LogP contribution is 2.34. The Morgan fingerprint density at radius 1 is 1.64 bits per heavy atom. The molecule has 0 amide bonds. The van der Waals surface area contributed by atoms with Crippen LogP contribution in [0.2, 0.25) is 0 Å². The van der Waals surface area contributed by atoms with Crippen LogP contribution in [0, 0.1) is 0 Å². The smallest absolute Gasteiger partial charge is 0.188 e. The highest BCUT2D eigenvalue weighted by molar-refractivity contribution is 9.10. The Bertz CT molecular complexity index is 290. The second-order valence-corrected chi connectivity index (χ2v) is 4.97. The summed E-state index contributed by atoms with van der Waals surface area (Å²) in [5, 5.41) is 9.65. The highest BCUT2D eigenvalue weighted by Gasteiger charge is 2.08. The van der Waals surface area contributed by atoms with Crippen molar-refractivity contribution in [3.8, 4) is 5.06 Å². The first-order valence-electron chi connectivity index (χ1n) is 4.29. The number of hydrogen-bond donors (Lipinski definition) is 1. The van der Waals surface area contributed by atoms with Crippen molar-refractivity contribution >= 4 is 27.3 Å². The van der Waals surface area contributed by atoms with E-state index < -0.39 is 0 Å². The van der Waals surface area contributed by atoms with Gasteiger partial charge in [-0.15, -0.1) is 11.3 Å². The van der Waals surface area contributed by atoms with Crippen molar-refractivity contribution in [1.29, 1.82) is 0 Å². The third kappa shape index (κ3) is 3.24. The van der Waals surface area contributed by atoms with Gasteiger partial charge in [-0.05, 0) is 29.0 Å². The normalized spacial score (nSPS) is 10.9. The number of ether oxygens (including phenoxy) is 1. The molecule has 0 aliphatic heterocycles. The molecular formula is C9H14BrNO2S. The molecule has 0 unspecified atom stereocenters. The zero-order valence-corrected chi connectivity index (χ0v) is 10.7. The largest absolute Gasteiger partial charge is 0.486 e. The minimum Gasteiger partial charge on any atom is -0.486 e. The van der Waals surface area contributed by atoms with Gasteiger partial charge in [-0.25, -0.2) is 0 Å². The van der Waals surface area contributed by atoms with Crippen molar-refractivity contribution in [3.63, 3.8) is 0 Å². The predicted octanol–water partition coefficient (Wildman–Crippen LogP) is 1.94. The molecule has 80 valence electrons. The number of hydrogen-bond acceptors (Lipinski definition) is 4. The van der Waals surface area contributed by atoms with Gasteiger partial charge in [-0.2, -0.15) is 0 Å². The summed E-state index contributed by atoms with van der Waals surface area (Å²) < 4.78 is 6.17. The van der Waals surface area contributed by atoms with Gasteiger partial charge in [0, 0.05) is 18.0 Å².